The van der Waals surface area contributed by atoms with Gasteiger partial charge in [0.05, 0.1) is 17.9 Å². The molecule has 0 aliphatic heterocycles. The highest BCUT2D eigenvalue weighted by molar-refractivity contribution is 5.99. The SMILES string of the molecule is CN(C)C(CNC(=O)c1ccccc1N)c1ccco1. The molecule has 1 unspecified atom stereocenters. The lowest BCUT2D eigenvalue weighted by molar-refractivity contribution is 0.0940. The summed E-state index contributed by atoms with van der Waals surface area (Å²) in [5.41, 5.74) is 6.76. The van der Waals surface area contributed by atoms with Crippen LogP contribution in [0.15, 0.2) is 47.1 Å². The van der Waals surface area contributed by atoms with Crippen LogP contribution >= 0.6 is 0 Å². The van der Waals surface area contributed by atoms with Gasteiger partial charge in [0.2, 0.25) is 0 Å². The maximum absolute atomic E-state index is 12.1. The molecule has 1 aromatic carbocycles. The van der Waals surface area contributed by atoms with E-state index in [2.05, 4.69) is 5.32 Å². The zero-order chi connectivity index (χ0) is 14.5. The van der Waals surface area contributed by atoms with Gasteiger partial charge in [0.25, 0.3) is 5.91 Å². The molecule has 2 rings (SSSR count). The van der Waals surface area contributed by atoms with Gasteiger partial charge in [-0.2, -0.15) is 0 Å². The number of para-hydroxylation sites is 1. The number of nitrogen functional groups attached to an aromatic ring is 1. The number of nitrogens with two attached hydrogens (primary N) is 1. The van der Waals surface area contributed by atoms with Crippen molar-refractivity contribution in [3.05, 3.63) is 54.0 Å². The van der Waals surface area contributed by atoms with Gasteiger partial charge < -0.3 is 15.5 Å². The van der Waals surface area contributed by atoms with Crippen molar-refractivity contribution in [2.75, 3.05) is 26.4 Å². The molecule has 20 heavy (non-hydrogen) atoms. The molecule has 0 saturated carbocycles. The van der Waals surface area contributed by atoms with Crippen molar-refractivity contribution in [2.45, 2.75) is 6.04 Å². The van der Waals surface area contributed by atoms with Crippen LogP contribution in [0.2, 0.25) is 0 Å². The van der Waals surface area contributed by atoms with Gasteiger partial charge >= 0.3 is 0 Å². The van der Waals surface area contributed by atoms with Crippen molar-refractivity contribution in [3.63, 3.8) is 0 Å². The number of amides is 1. The Morgan fingerprint density at radius 1 is 1.30 bits per heavy atom. The van der Waals surface area contributed by atoms with Crippen LogP contribution in [-0.4, -0.2) is 31.4 Å². The Labute approximate surface area is 118 Å². The molecule has 1 amide bonds. The molecule has 0 saturated heterocycles. The number of furan rings is 1. The fourth-order valence-electron chi connectivity index (χ4n) is 2.01. The molecule has 0 radical (unpaired) electrons. The van der Waals surface area contributed by atoms with Crippen molar-refractivity contribution in [2.24, 2.45) is 0 Å². The number of hydrogen-bond acceptors (Lipinski definition) is 4. The van der Waals surface area contributed by atoms with Crippen LogP contribution < -0.4 is 11.1 Å². The molecular weight excluding hydrogens is 254 g/mol. The third kappa shape index (κ3) is 3.19. The number of nitrogens with zero attached hydrogens (tertiary/aromatic N) is 1. The Kier molecular flexibility index (Phi) is 4.42. The van der Waals surface area contributed by atoms with Crippen molar-refractivity contribution >= 4 is 11.6 Å². The average molecular weight is 273 g/mol. The lowest BCUT2D eigenvalue weighted by Crippen LogP contribution is -2.34. The van der Waals surface area contributed by atoms with Crippen molar-refractivity contribution in [1.82, 2.24) is 10.2 Å². The summed E-state index contributed by atoms with van der Waals surface area (Å²) in [4.78, 5) is 14.1. The van der Waals surface area contributed by atoms with E-state index in [-0.39, 0.29) is 11.9 Å². The highest BCUT2D eigenvalue weighted by Crippen LogP contribution is 2.18. The van der Waals surface area contributed by atoms with Crippen LogP contribution in [0.4, 0.5) is 5.69 Å². The smallest absolute Gasteiger partial charge is 0.253 e. The predicted octanol–water partition coefficient (Wildman–Crippen LogP) is 1.89. The molecule has 1 atom stereocenters. The largest absolute Gasteiger partial charge is 0.468 e. The Morgan fingerprint density at radius 3 is 2.65 bits per heavy atom. The Morgan fingerprint density at radius 2 is 2.05 bits per heavy atom. The Hall–Kier alpha value is -2.27. The van der Waals surface area contributed by atoms with Crippen molar-refractivity contribution in [1.29, 1.82) is 0 Å². The van der Waals surface area contributed by atoms with Crippen LogP contribution in [0.3, 0.4) is 0 Å². The topological polar surface area (TPSA) is 71.5 Å². The van der Waals surface area contributed by atoms with Crippen molar-refractivity contribution < 1.29 is 9.21 Å². The van der Waals surface area contributed by atoms with Crippen LogP contribution in [0, 0.1) is 0 Å². The number of likely N-dealkylation sites (N-methyl/N-ethyl adjacent to an activating group) is 1. The van der Waals surface area contributed by atoms with Gasteiger partial charge in [0, 0.05) is 12.2 Å². The van der Waals surface area contributed by atoms with Crippen LogP contribution in [0.5, 0.6) is 0 Å². The summed E-state index contributed by atoms with van der Waals surface area (Å²) in [6.45, 7) is 0.452. The van der Waals surface area contributed by atoms with Gasteiger partial charge in [-0.25, -0.2) is 0 Å². The molecule has 0 aliphatic rings. The third-order valence-electron chi connectivity index (χ3n) is 3.16. The van der Waals surface area contributed by atoms with Gasteiger partial charge in [-0.1, -0.05) is 12.1 Å². The summed E-state index contributed by atoms with van der Waals surface area (Å²) in [5.74, 6) is 0.637. The Bertz CT molecular complexity index is 564. The van der Waals surface area contributed by atoms with E-state index in [9.17, 15) is 4.79 Å². The lowest BCUT2D eigenvalue weighted by Gasteiger charge is -2.22. The minimum Gasteiger partial charge on any atom is -0.468 e. The average Bonchev–Trinajstić information content (AvgIpc) is 2.92. The van der Waals surface area contributed by atoms with Crippen LogP contribution in [0.1, 0.15) is 22.2 Å². The summed E-state index contributed by atoms with van der Waals surface area (Å²) in [7, 11) is 3.88. The summed E-state index contributed by atoms with van der Waals surface area (Å²) < 4.78 is 5.40. The summed E-state index contributed by atoms with van der Waals surface area (Å²) in [6, 6.07) is 10.7. The predicted molar refractivity (Wildman–Crippen MR) is 78.3 cm³/mol. The van der Waals surface area contributed by atoms with Gasteiger partial charge in [-0.05, 0) is 38.4 Å². The zero-order valence-electron chi connectivity index (χ0n) is 11.7. The zero-order valence-corrected chi connectivity index (χ0v) is 11.7. The molecule has 0 fully saturated rings. The molecule has 106 valence electrons. The molecule has 3 N–H and O–H groups in total. The van der Waals surface area contributed by atoms with Crippen molar-refractivity contribution in [3.8, 4) is 0 Å². The number of hydrogen-bond donors (Lipinski definition) is 2. The van der Waals surface area contributed by atoms with E-state index >= 15 is 0 Å². The lowest BCUT2D eigenvalue weighted by atomic mass is 10.1. The maximum atomic E-state index is 12.1. The summed E-state index contributed by atoms with van der Waals surface area (Å²) >= 11 is 0. The molecule has 1 aromatic heterocycles. The first kappa shape index (κ1) is 14.1. The molecule has 0 spiro atoms. The summed E-state index contributed by atoms with van der Waals surface area (Å²) in [6.07, 6.45) is 1.63. The number of nitrogens with one attached hydrogen (secondary N) is 1. The molecule has 2 aromatic rings. The monoisotopic (exact) mass is 273 g/mol. The minimum atomic E-state index is -0.179. The molecule has 0 aliphatic carbocycles. The standard InChI is InChI=1S/C15H19N3O2/c1-18(2)13(14-8-5-9-20-14)10-17-15(19)11-6-3-4-7-12(11)16/h3-9,13H,10,16H2,1-2H3,(H,17,19). The first-order valence-electron chi connectivity index (χ1n) is 6.42. The highest BCUT2D eigenvalue weighted by atomic mass is 16.3. The normalized spacial score (nSPS) is 12.3. The second-order valence-corrected chi connectivity index (χ2v) is 4.79. The molecule has 1 heterocycles. The van der Waals surface area contributed by atoms with Gasteiger partial charge in [0.1, 0.15) is 5.76 Å². The van der Waals surface area contributed by atoms with E-state index < -0.39 is 0 Å². The van der Waals surface area contributed by atoms with Crippen LogP contribution in [0.25, 0.3) is 0 Å². The fourth-order valence-corrected chi connectivity index (χ4v) is 2.01. The summed E-state index contributed by atoms with van der Waals surface area (Å²) in [5, 5.41) is 2.89. The van der Waals surface area contributed by atoms with E-state index in [0.717, 1.165) is 5.76 Å². The number of carbonyl (C=O) groups is 1. The van der Waals surface area contributed by atoms with Gasteiger partial charge in [0.15, 0.2) is 0 Å². The van der Waals surface area contributed by atoms with E-state index in [1.54, 1.807) is 30.5 Å². The molecule has 5 heteroatoms. The van der Waals surface area contributed by atoms with Gasteiger partial charge in [-0.3, -0.25) is 9.69 Å². The number of benzene rings is 1. The van der Waals surface area contributed by atoms with Crippen LogP contribution in [-0.2, 0) is 0 Å². The Balaban J connectivity index is 2.03. The van der Waals surface area contributed by atoms with E-state index in [4.69, 9.17) is 10.2 Å². The maximum Gasteiger partial charge on any atom is 0.253 e. The van der Waals surface area contributed by atoms with Gasteiger partial charge in [-0.15, -0.1) is 0 Å². The van der Waals surface area contributed by atoms with E-state index in [1.807, 2.05) is 31.1 Å². The first-order chi connectivity index (χ1) is 9.59. The number of rotatable bonds is 5. The van der Waals surface area contributed by atoms with E-state index in [0.29, 0.717) is 17.8 Å². The second kappa shape index (κ2) is 6.25. The molecule has 5 nitrogen and oxygen atoms in total. The third-order valence-corrected chi connectivity index (χ3v) is 3.16. The molecule has 0 bridgehead atoms. The minimum absolute atomic E-state index is 0.0149. The fraction of sp³-hybridized carbons (Fsp3) is 0.267. The number of anilines is 1. The first-order valence-corrected chi connectivity index (χ1v) is 6.42. The molecular formula is C15H19N3O2. The highest BCUT2D eigenvalue weighted by Gasteiger charge is 2.18. The van der Waals surface area contributed by atoms with E-state index in [1.165, 1.54) is 0 Å². The second-order valence-electron chi connectivity index (χ2n) is 4.79. The quantitative estimate of drug-likeness (QED) is 0.816. The number of carbonyl (C=O) groups excluding carboxylic acids is 1.